The molecule has 0 unspecified atom stereocenters. The van der Waals surface area contributed by atoms with Crippen LogP contribution >= 0.6 is 0 Å². The quantitative estimate of drug-likeness (QED) is 0.237. The lowest BCUT2D eigenvalue weighted by Crippen LogP contribution is -2.40. The summed E-state index contributed by atoms with van der Waals surface area (Å²) >= 11 is 0. The topological polar surface area (TPSA) is 81.0 Å². The standard InChI is InChI=1S/C32H41FN2O5Si/c1-23-27(16-15-24-12-8-13-26(20-24)35-17-9-14-28(39-2)32(35)38)40-29(31(23)41(3,4)33)21-30(37)34(18-19-36)22-25-10-6-5-7-11-25/h5-14,17,20,23,27,29,31,36H,15-16,18-19,21-22H2,1-4H3/t23-,27+,29-,31+/m1/s1. The van der Waals surface area contributed by atoms with Crippen LogP contribution in [0.5, 0.6) is 5.75 Å². The number of hydrogen-bond donors (Lipinski definition) is 1. The number of aliphatic hydroxyl groups is 1. The fourth-order valence-electron chi connectivity index (χ4n) is 6.10. The van der Waals surface area contributed by atoms with Crippen LogP contribution in [0.1, 0.15) is 30.9 Å². The first-order chi connectivity index (χ1) is 19.6. The molecule has 4 rings (SSSR count). The first kappa shape index (κ1) is 30.7. The van der Waals surface area contributed by atoms with Crippen LogP contribution in [-0.2, 0) is 22.5 Å². The lowest BCUT2D eigenvalue weighted by molar-refractivity contribution is -0.135. The molecule has 2 heterocycles. The van der Waals surface area contributed by atoms with Gasteiger partial charge >= 0.3 is 0 Å². The number of benzene rings is 2. The zero-order chi connectivity index (χ0) is 29.6. The van der Waals surface area contributed by atoms with Crippen LogP contribution in [0.25, 0.3) is 5.69 Å². The van der Waals surface area contributed by atoms with Gasteiger partial charge in [0, 0.05) is 30.5 Å². The zero-order valence-electron chi connectivity index (χ0n) is 24.3. The molecule has 7 nitrogen and oxygen atoms in total. The van der Waals surface area contributed by atoms with E-state index in [9.17, 15) is 14.7 Å². The Bertz CT molecular complexity index is 1360. The van der Waals surface area contributed by atoms with Crippen LogP contribution in [0.15, 0.2) is 77.7 Å². The molecule has 1 fully saturated rings. The monoisotopic (exact) mass is 580 g/mol. The summed E-state index contributed by atoms with van der Waals surface area (Å²) in [6, 6.07) is 20.8. The summed E-state index contributed by atoms with van der Waals surface area (Å²) in [7, 11) is -1.68. The predicted molar refractivity (Wildman–Crippen MR) is 161 cm³/mol. The third-order valence-corrected chi connectivity index (χ3v) is 10.5. The fourth-order valence-corrected chi connectivity index (χ4v) is 8.64. The molecule has 1 aliphatic rings. The molecule has 0 spiro atoms. The largest absolute Gasteiger partial charge is 0.491 e. The van der Waals surface area contributed by atoms with Crippen molar-refractivity contribution in [2.24, 2.45) is 5.92 Å². The highest BCUT2D eigenvalue weighted by Gasteiger charge is 2.51. The first-order valence-corrected chi connectivity index (χ1v) is 17.2. The molecule has 1 saturated heterocycles. The van der Waals surface area contributed by atoms with E-state index >= 15 is 4.11 Å². The van der Waals surface area contributed by atoms with Crippen molar-refractivity contribution in [3.8, 4) is 11.4 Å². The van der Waals surface area contributed by atoms with E-state index in [1.54, 1.807) is 40.9 Å². The number of rotatable bonds is 12. The van der Waals surface area contributed by atoms with Gasteiger partial charge in [0.1, 0.15) is 0 Å². The van der Waals surface area contributed by atoms with E-state index in [1.165, 1.54) is 7.11 Å². The molecule has 1 aliphatic heterocycles. The van der Waals surface area contributed by atoms with Crippen molar-refractivity contribution in [1.29, 1.82) is 0 Å². The van der Waals surface area contributed by atoms with Crippen molar-refractivity contribution in [2.75, 3.05) is 20.3 Å². The number of pyridine rings is 1. The van der Waals surface area contributed by atoms with Gasteiger partial charge in [0.15, 0.2) is 5.75 Å². The Morgan fingerprint density at radius 2 is 1.80 bits per heavy atom. The number of carbonyl (C=O) groups is 1. The number of methoxy groups -OCH3 is 1. The molecule has 0 saturated carbocycles. The van der Waals surface area contributed by atoms with E-state index < -0.39 is 14.5 Å². The lowest BCUT2D eigenvalue weighted by Gasteiger charge is -2.30. The maximum atomic E-state index is 15.7. The van der Waals surface area contributed by atoms with Crippen LogP contribution in [0.2, 0.25) is 18.6 Å². The Morgan fingerprint density at radius 3 is 2.49 bits per heavy atom. The normalized spacial score (nSPS) is 20.6. The number of aromatic nitrogens is 1. The average Bonchev–Trinajstić information content (AvgIpc) is 3.27. The highest BCUT2D eigenvalue weighted by Crippen LogP contribution is 2.47. The van der Waals surface area contributed by atoms with E-state index in [1.807, 2.05) is 61.5 Å². The minimum atomic E-state index is -3.16. The van der Waals surface area contributed by atoms with Gasteiger partial charge in [-0.3, -0.25) is 14.2 Å². The second-order valence-corrected chi connectivity index (χ2v) is 15.1. The van der Waals surface area contributed by atoms with Crippen LogP contribution in [0.3, 0.4) is 0 Å². The second-order valence-electron chi connectivity index (χ2n) is 11.4. The third-order valence-electron chi connectivity index (χ3n) is 8.05. The Morgan fingerprint density at radius 1 is 1.07 bits per heavy atom. The number of aryl methyl sites for hydroxylation is 1. The van der Waals surface area contributed by atoms with Crippen molar-refractivity contribution >= 4 is 14.3 Å². The van der Waals surface area contributed by atoms with Gasteiger partial charge in [0.05, 0.1) is 32.3 Å². The van der Waals surface area contributed by atoms with E-state index in [0.29, 0.717) is 19.4 Å². The smallest absolute Gasteiger partial charge is 0.297 e. The van der Waals surface area contributed by atoms with Crippen LogP contribution in [0.4, 0.5) is 4.11 Å². The molecule has 0 aliphatic carbocycles. The molecule has 41 heavy (non-hydrogen) atoms. The molecule has 0 bridgehead atoms. The van der Waals surface area contributed by atoms with Crippen molar-refractivity contribution < 1.29 is 23.5 Å². The van der Waals surface area contributed by atoms with Crippen LogP contribution in [-0.4, -0.2) is 61.4 Å². The van der Waals surface area contributed by atoms with E-state index in [-0.39, 0.29) is 54.4 Å². The zero-order valence-corrected chi connectivity index (χ0v) is 25.3. The van der Waals surface area contributed by atoms with Gasteiger partial charge in [-0.25, -0.2) is 0 Å². The molecule has 1 aromatic heterocycles. The Balaban J connectivity index is 1.46. The number of hydrogen-bond acceptors (Lipinski definition) is 5. The Hall–Kier alpha value is -3.27. The van der Waals surface area contributed by atoms with Gasteiger partial charge in [0.25, 0.3) is 5.56 Å². The molecule has 0 radical (unpaired) electrons. The molecule has 220 valence electrons. The summed E-state index contributed by atoms with van der Waals surface area (Å²) < 4.78 is 28.9. The van der Waals surface area contributed by atoms with E-state index in [0.717, 1.165) is 16.8 Å². The number of amides is 1. The number of halogens is 1. The van der Waals surface area contributed by atoms with Gasteiger partial charge < -0.3 is 23.6 Å². The van der Waals surface area contributed by atoms with Crippen molar-refractivity contribution in [2.45, 2.75) is 63.6 Å². The van der Waals surface area contributed by atoms with E-state index in [4.69, 9.17) is 9.47 Å². The van der Waals surface area contributed by atoms with Gasteiger partial charge in [0.2, 0.25) is 14.3 Å². The molecule has 9 heteroatoms. The highest BCUT2D eigenvalue weighted by molar-refractivity contribution is 6.72. The summed E-state index contributed by atoms with van der Waals surface area (Å²) in [6.45, 7) is 5.89. The summed E-state index contributed by atoms with van der Waals surface area (Å²) in [5.74, 6) is 0.0987. The van der Waals surface area contributed by atoms with E-state index in [2.05, 4.69) is 0 Å². The summed E-state index contributed by atoms with van der Waals surface area (Å²) in [4.78, 5) is 27.7. The van der Waals surface area contributed by atoms with Gasteiger partial charge in [-0.1, -0.05) is 49.4 Å². The summed E-state index contributed by atoms with van der Waals surface area (Å²) in [5.41, 5.74) is 2.22. The molecule has 2 aromatic carbocycles. The lowest BCUT2D eigenvalue weighted by atomic mass is 9.95. The minimum Gasteiger partial charge on any atom is -0.491 e. The van der Waals surface area contributed by atoms with Crippen LogP contribution in [0, 0.1) is 5.92 Å². The molecule has 3 aromatic rings. The molecule has 1 amide bonds. The number of nitrogens with zero attached hydrogens (tertiary/aromatic N) is 2. The van der Waals surface area contributed by atoms with Crippen molar-refractivity contribution in [1.82, 2.24) is 9.47 Å². The minimum absolute atomic E-state index is 0.0379. The fraction of sp³-hybridized carbons (Fsp3) is 0.438. The average molecular weight is 581 g/mol. The first-order valence-electron chi connectivity index (χ1n) is 14.2. The van der Waals surface area contributed by atoms with Crippen molar-refractivity contribution in [3.63, 3.8) is 0 Å². The number of carbonyl (C=O) groups excluding carboxylic acids is 1. The number of ether oxygens (including phenoxy) is 2. The Labute approximate surface area is 242 Å². The van der Waals surface area contributed by atoms with Gasteiger partial charge in [-0.15, -0.1) is 0 Å². The highest BCUT2D eigenvalue weighted by atomic mass is 28.4. The molecular weight excluding hydrogens is 539 g/mol. The molecule has 1 N–H and O–H groups in total. The summed E-state index contributed by atoms with van der Waals surface area (Å²) in [5, 5.41) is 9.60. The Kier molecular flexibility index (Phi) is 10.2. The van der Waals surface area contributed by atoms with Crippen molar-refractivity contribution in [3.05, 3.63) is 94.4 Å². The van der Waals surface area contributed by atoms with Gasteiger partial charge in [-0.05, 0) is 67.2 Å². The SMILES string of the molecule is COc1cccn(-c2cccc(CC[C@@H]3O[C@H](CC(=O)N(CCO)Cc4ccccc4)[C@@H]([Si](C)(C)F)[C@@H]3C)c2)c1=O. The number of aliphatic hydroxyl groups excluding tert-OH is 1. The maximum absolute atomic E-state index is 15.7. The third kappa shape index (κ3) is 7.52. The molecule has 4 atom stereocenters. The van der Waals surface area contributed by atoms with Crippen LogP contribution < -0.4 is 10.3 Å². The molecular formula is C32H41FN2O5Si. The summed E-state index contributed by atoms with van der Waals surface area (Å²) in [6.07, 6.45) is 2.47. The second kappa shape index (κ2) is 13.6. The maximum Gasteiger partial charge on any atom is 0.297 e. The van der Waals surface area contributed by atoms with Gasteiger partial charge in [-0.2, -0.15) is 0 Å². The predicted octanol–water partition coefficient (Wildman–Crippen LogP) is 5.14.